The Labute approximate surface area is 86.7 Å². The minimum absolute atomic E-state index is 0.562. The summed E-state index contributed by atoms with van der Waals surface area (Å²) in [6, 6.07) is 1.68. The molecular formula is C9H11ClN4. The number of halogens is 1. The molecule has 5 heteroatoms. The van der Waals surface area contributed by atoms with Crippen LogP contribution in [-0.2, 0) is 6.42 Å². The van der Waals surface area contributed by atoms with Gasteiger partial charge in [0.25, 0.3) is 0 Å². The van der Waals surface area contributed by atoms with Crippen LogP contribution in [0.1, 0.15) is 19.2 Å². The van der Waals surface area contributed by atoms with Crippen molar-refractivity contribution in [1.29, 1.82) is 0 Å². The summed E-state index contributed by atoms with van der Waals surface area (Å²) in [6.07, 6.45) is 3.59. The van der Waals surface area contributed by atoms with Gasteiger partial charge in [0.1, 0.15) is 0 Å². The molecule has 2 N–H and O–H groups in total. The highest BCUT2D eigenvalue weighted by molar-refractivity contribution is 6.30. The average Bonchev–Trinajstić information content (AvgIpc) is 2.48. The Balaban J connectivity index is 2.58. The number of fused-ring (bicyclic) bond motifs is 1. The first-order valence-corrected chi connectivity index (χ1v) is 4.88. The van der Waals surface area contributed by atoms with Gasteiger partial charge in [-0.2, -0.15) is 5.10 Å². The lowest BCUT2D eigenvalue weighted by molar-refractivity contribution is 0.819. The normalized spacial score (nSPS) is 11.0. The summed E-state index contributed by atoms with van der Waals surface area (Å²) in [5.74, 6) is 0.807. The van der Waals surface area contributed by atoms with Crippen LogP contribution in [0.15, 0.2) is 12.3 Å². The van der Waals surface area contributed by atoms with Crippen LogP contribution in [0.2, 0.25) is 5.02 Å². The van der Waals surface area contributed by atoms with Crippen LogP contribution in [0.3, 0.4) is 0 Å². The summed E-state index contributed by atoms with van der Waals surface area (Å²) < 4.78 is 1.63. The van der Waals surface area contributed by atoms with Crippen molar-refractivity contribution in [2.45, 2.75) is 19.8 Å². The molecule has 74 valence electrons. The van der Waals surface area contributed by atoms with Gasteiger partial charge in [-0.15, -0.1) is 0 Å². The van der Waals surface area contributed by atoms with Crippen LogP contribution in [0.5, 0.6) is 0 Å². The topological polar surface area (TPSA) is 56.2 Å². The van der Waals surface area contributed by atoms with Crippen LogP contribution >= 0.6 is 11.6 Å². The Kier molecular flexibility index (Phi) is 2.29. The zero-order chi connectivity index (χ0) is 10.1. The molecule has 2 aromatic heterocycles. The number of hydrogen-bond acceptors (Lipinski definition) is 3. The summed E-state index contributed by atoms with van der Waals surface area (Å²) in [5, 5.41) is 4.84. The quantitative estimate of drug-likeness (QED) is 0.824. The van der Waals surface area contributed by atoms with Crippen molar-refractivity contribution in [2.24, 2.45) is 0 Å². The van der Waals surface area contributed by atoms with Crippen molar-refractivity contribution >= 4 is 22.9 Å². The summed E-state index contributed by atoms with van der Waals surface area (Å²) in [6.45, 7) is 2.09. The minimum atomic E-state index is 0.562. The van der Waals surface area contributed by atoms with Crippen LogP contribution in [0, 0.1) is 0 Å². The van der Waals surface area contributed by atoms with E-state index in [1.807, 2.05) is 0 Å². The van der Waals surface area contributed by atoms with Gasteiger partial charge in [0.2, 0.25) is 0 Å². The van der Waals surface area contributed by atoms with Crippen molar-refractivity contribution in [3.05, 3.63) is 23.1 Å². The zero-order valence-electron chi connectivity index (χ0n) is 7.87. The number of nitrogens with zero attached hydrogens (tertiary/aromatic N) is 3. The van der Waals surface area contributed by atoms with E-state index in [4.69, 9.17) is 17.3 Å². The lowest BCUT2D eigenvalue weighted by Crippen LogP contribution is -1.93. The van der Waals surface area contributed by atoms with Crippen LogP contribution in [0.4, 0.5) is 5.69 Å². The Hall–Kier alpha value is -1.29. The molecule has 0 saturated heterocycles. The van der Waals surface area contributed by atoms with E-state index in [0.717, 1.165) is 18.7 Å². The maximum Gasteiger partial charge on any atom is 0.178 e. The predicted molar refractivity (Wildman–Crippen MR) is 56.4 cm³/mol. The SMILES string of the molecule is CCCc1nc2c(N)cc(Cl)cn2n1. The Bertz CT molecular complexity index is 463. The van der Waals surface area contributed by atoms with E-state index in [0.29, 0.717) is 16.4 Å². The fraction of sp³-hybridized carbons (Fsp3) is 0.333. The summed E-state index contributed by atoms with van der Waals surface area (Å²) in [7, 11) is 0. The number of nitrogens with two attached hydrogens (primary N) is 1. The second-order valence-corrected chi connectivity index (χ2v) is 3.60. The molecule has 0 atom stereocenters. The number of aromatic nitrogens is 3. The summed E-state index contributed by atoms with van der Waals surface area (Å²) >= 11 is 5.84. The highest BCUT2D eigenvalue weighted by atomic mass is 35.5. The molecule has 0 saturated carbocycles. The molecule has 0 fully saturated rings. The predicted octanol–water partition coefficient (Wildman–Crippen LogP) is 1.92. The fourth-order valence-electron chi connectivity index (χ4n) is 1.35. The second-order valence-electron chi connectivity index (χ2n) is 3.16. The van der Waals surface area contributed by atoms with Crippen molar-refractivity contribution < 1.29 is 0 Å². The maximum atomic E-state index is 5.84. The molecule has 0 aromatic carbocycles. The largest absolute Gasteiger partial charge is 0.396 e. The van der Waals surface area contributed by atoms with Gasteiger partial charge in [-0.05, 0) is 12.5 Å². The molecular weight excluding hydrogens is 200 g/mol. The number of anilines is 1. The molecule has 14 heavy (non-hydrogen) atoms. The summed E-state index contributed by atoms with van der Waals surface area (Å²) in [5.41, 5.74) is 7.00. The van der Waals surface area contributed by atoms with E-state index in [-0.39, 0.29) is 0 Å². The van der Waals surface area contributed by atoms with Crippen molar-refractivity contribution in [3.63, 3.8) is 0 Å². The second kappa shape index (κ2) is 3.46. The fourth-order valence-corrected chi connectivity index (χ4v) is 1.56. The van der Waals surface area contributed by atoms with E-state index in [2.05, 4.69) is 17.0 Å². The minimum Gasteiger partial charge on any atom is -0.396 e. The average molecular weight is 211 g/mol. The van der Waals surface area contributed by atoms with Gasteiger partial charge in [0, 0.05) is 12.6 Å². The molecule has 0 bridgehead atoms. The van der Waals surface area contributed by atoms with Gasteiger partial charge in [-0.25, -0.2) is 9.50 Å². The zero-order valence-corrected chi connectivity index (χ0v) is 8.62. The third-order valence-corrected chi connectivity index (χ3v) is 2.15. The molecule has 4 nitrogen and oxygen atoms in total. The van der Waals surface area contributed by atoms with Crippen molar-refractivity contribution in [3.8, 4) is 0 Å². The number of aryl methyl sites for hydroxylation is 1. The molecule has 0 aliphatic rings. The van der Waals surface area contributed by atoms with Gasteiger partial charge < -0.3 is 5.73 Å². The molecule has 0 aliphatic heterocycles. The first-order chi connectivity index (χ1) is 6.70. The molecule has 0 radical (unpaired) electrons. The Morgan fingerprint density at radius 3 is 3.07 bits per heavy atom. The first-order valence-electron chi connectivity index (χ1n) is 4.51. The van der Waals surface area contributed by atoms with Gasteiger partial charge in [0.05, 0.1) is 10.7 Å². The molecule has 0 unspecified atom stereocenters. The van der Waals surface area contributed by atoms with E-state index in [1.165, 1.54) is 0 Å². The highest BCUT2D eigenvalue weighted by Gasteiger charge is 2.06. The molecule has 2 aromatic rings. The summed E-state index contributed by atoms with van der Waals surface area (Å²) in [4.78, 5) is 4.31. The van der Waals surface area contributed by atoms with E-state index in [9.17, 15) is 0 Å². The van der Waals surface area contributed by atoms with Gasteiger partial charge in [-0.1, -0.05) is 18.5 Å². The van der Waals surface area contributed by atoms with Gasteiger partial charge in [0.15, 0.2) is 11.5 Å². The van der Waals surface area contributed by atoms with Crippen LogP contribution in [-0.4, -0.2) is 14.6 Å². The Morgan fingerprint density at radius 2 is 2.36 bits per heavy atom. The number of hydrogen-bond donors (Lipinski definition) is 1. The monoisotopic (exact) mass is 210 g/mol. The molecule has 0 spiro atoms. The van der Waals surface area contributed by atoms with Crippen molar-refractivity contribution in [1.82, 2.24) is 14.6 Å². The number of pyridine rings is 1. The first kappa shape index (κ1) is 9.27. The molecule has 2 rings (SSSR count). The van der Waals surface area contributed by atoms with Gasteiger partial charge >= 0.3 is 0 Å². The molecule has 0 aliphatic carbocycles. The van der Waals surface area contributed by atoms with E-state index < -0.39 is 0 Å². The van der Waals surface area contributed by atoms with E-state index in [1.54, 1.807) is 16.8 Å². The molecule has 2 heterocycles. The molecule has 0 amide bonds. The van der Waals surface area contributed by atoms with E-state index >= 15 is 0 Å². The van der Waals surface area contributed by atoms with Crippen molar-refractivity contribution in [2.75, 3.05) is 5.73 Å². The standard InChI is InChI=1S/C9H11ClN4/c1-2-3-8-12-9-7(11)4-6(10)5-14(9)13-8/h4-5H,2-3,11H2,1H3. The third-order valence-electron chi connectivity index (χ3n) is 1.95. The lowest BCUT2D eigenvalue weighted by Gasteiger charge is -1.95. The number of rotatable bonds is 2. The Morgan fingerprint density at radius 1 is 1.57 bits per heavy atom. The lowest BCUT2D eigenvalue weighted by atomic mass is 10.3. The smallest absolute Gasteiger partial charge is 0.178 e. The van der Waals surface area contributed by atoms with Crippen LogP contribution in [0.25, 0.3) is 5.65 Å². The van der Waals surface area contributed by atoms with Gasteiger partial charge in [-0.3, -0.25) is 0 Å². The van der Waals surface area contributed by atoms with Crippen LogP contribution < -0.4 is 5.73 Å². The maximum absolute atomic E-state index is 5.84. The number of nitrogen functional groups attached to an aromatic ring is 1. The third kappa shape index (κ3) is 1.53. The highest BCUT2D eigenvalue weighted by Crippen LogP contribution is 2.17.